The van der Waals surface area contributed by atoms with Gasteiger partial charge in [0.2, 0.25) is 5.56 Å². The largest absolute Gasteiger partial charge is 0.351 e. The van der Waals surface area contributed by atoms with Crippen LogP contribution in [0, 0.1) is 11.3 Å². The molecule has 0 radical (unpaired) electrons. The summed E-state index contributed by atoms with van der Waals surface area (Å²) in [7, 11) is 0. The number of pyridine rings is 1. The minimum absolute atomic E-state index is 0.0190. The zero-order valence-electron chi connectivity index (χ0n) is 9.49. The topological polar surface area (TPSA) is 85.8 Å². The van der Waals surface area contributed by atoms with Gasteiger partial charge in [-0.2, -0.15) is 5.26 Å². The van der Waals surface area contributed by atoms with E-state index in [0.29, 0.717) is 12.1 Å². The standard InChI is InChI=1S/C12H13N3O2/c1-2-5-14-12(17)10(7-13)6-9-3-4-11(16)15-8-9/h3-4,6,8H,2,5H2,1H3,(H,14,17)(H,15,16)/b10-6-. The fraction of sp³-hybridized carbons (Fsp3) is 0.250. The highest BCUT2D eigenvalue weighted by atomic mass is 16.1. The van der Waals surface area contributed by atoms with Gasteiger partial charge in [0.25, 0.3) is 5.91 Å². The van der Waals surface area contributed by atoms with Crippen LogP contribution < -0.4 is 10.9 Å². The maximum atomic E-state index is 11.5. The minimum atomic E-state index is -0.402. The fourth-order valence-corrected chi connectivity index (χ4v) is 1.16. The van der Waals surface area contributed by atoms with Crippen LogP contribution in [0.5, 0.6) is 0 Å². The lowest BCUT2D eigenvalue weighted by Gasteiger charge is -2.01. The van der Waals surface area contributed by atoms with Crippen molar-refractivity contribution in [3.8, 4) is 6.07 Å². The number of hydrogen-bond donors (Lipinski definition) is 2. The predicted octanol–water partition coefficient (Wildman–Crippen LogP) is 0.808. The van der Waals surface area contributed by atoms with E-state index in [1.165, 1.54) is 18.3 Å². The summed E-state index contributed by atoms with van der Waals surface area (Å²) in [5.74, 6) is -0.402. The maximum absolute atomic E-state index is 11.5. The highest BCUT2D eigenvalue weighted by molar-refractivity contribution is 6.01. The van der Waals surface area contributed by atoms with Crippen LogP contribution in [0.3, 0.4) is 0 Å². The highest BCUT2D eigenvalue weighted by Crippen LogP contribution is 2.03. The summed E-state index contributed by atoms with van der Waals surface area (Å²) < 4.78 is 0. The Bertz CT molecular complexity index is 503. The van der Waals surface area contributed by atoms with Gasteiger partial charge in [-0.1, -0.05) is 6.92 Å². The molecular weight excluding hydrogens is 218 g/mol. The van der Waals surface area contributed by atoms with E-state index in [4.69, 9.17) is 5.26 Å². The van der Waals surface area contributed by atoms with Crippen LogP contribution in [-0.4, -0.2) is 17.4 Å². The minimum Gasteiger partial charge on any atom is -0.351 e. The second kappa shape index (κ2) is 6.28. The van der Waals surface area contributed by atoms with Gasteiger partial charge in [0.1, 0.15) is 11.6 Å². The summed E-state index contributed by atoms with van der Waals surface area (Å²) in [6, 6.07) is 4.71. The van der Waals surface area contributed by atoms with Crippen molar-refractivity contribution in [2.24, 2.45) is 0 Å². The first-order valence-corrected chi connectivity index (χ1v) is 5.26. The molecule has 0 unspecified atom stereocenters. The lowest BCUT2D eigenvalue weighted by atomic mass is 10.1. The van der Waals surface area contributed by atoms with Crippen molar-refractivity contribution < 1.29 is 4.79 Å². The van der Waals surface area contributed by atoms with Crippen LogP contribution in [0.25, 0.3) is 6.08 Å². The van der Waals surface area contributed by atoms with E-state index in [1.54, 1.807) is 6.07 Å². The van der Waals surface area contributed by atoms with Crippen molar-refractivity contribution in [1.82, 2.24) is 10.3 Å². The molecule has 5 nitrogen and oxygen atoms in total. The van der Waals surface area contributed by atoms with Gasteiger partial charge in [0.05, 0.1) is 0 Å². The first-order chi connectivity index (χ1) is 8.17. The average molecular weight is 231 g/mol. The van der Waals surface area contributed by atoms with E-state index >= 15 is 0 Å². The van der Waals surface area contributed by atoms with Gasteiger partial charge in [0.15, 0.2) is 0 Å². The molecular formula is C12H13N3O2. The Morgan fingerprint density at radius 3 is 2.88 bits per heavy atom. The number of nitrogens with zero attached hydrogens (tertiary/aromatic N) is 1. The fourth-order valence-electron chi connectivity index (χ4n) is 1.16. The van der Waals surface area contributed by atoms with Gasteiger partial charge in [-0.05, 0) is 24.1 Å². The number of carbonyl (C=O) groups excluding carboxylic acids is 1. The van der Waals surface area contributed by atoms with E-state index in [0.717, 1.165) is 6.42 Å². The maximum Gasteiger partial charge on any atom is 0.261 e. The number of aromatic nitrogens is 1. The molecule has 0 fully saturated rings. The van der Waals surface area contributed by atoms with Crippen molar-refractivity contribution >= 4 is 12.0 Å². The number of amides is 1. The molecule has 2 N–H and O–H groups in total. The van der Waals surface area contributed by atoms with Crippen LogP contribution in [0.2, 0.25) is 0 Å². The number of aromatic amines is 1. The Kier molecular flexibility index (Phi) is 4.70. The van der Waals surface area contributed by atoms with Crippen LogP contribution in [0.1, 0.15) is 18.9 Å². The van der Waals surface area contributed by atoms with Crippen molar-refractivity contribution in [3.63, 3.8) is 0 Å². The van der Waals surface area contributed by atoms with Crippen molar-refractivity contribution in [2.75, 3.05) is 6.54 Å². The normalized spacial score (nSPS) is 10.7. The van der Waals surface area contributed by atoms with Gasteiger partial charge < -0.3 is 10.3 Å². The lowest BCUT2D eigenvalue weighted by molar-refractivity contribution is -0.117. The number of carbonyl (C=O) groups is 1. The molecule has 0 saturated heterocycles. The molecule has 0 bridgehead atoms. The molecule has 88 valence electrons. The number of nitrogens with one attached hydrogen (secondary N) is 2. The van der Waals surface area contributed by atoms with Crippen LogP contribution >= 0.6 is 0 Å². The smallest absolute Gasteiger partial charge is 0.261 e. The van der Waals surface area contributed by atoms with E-state index in [2.05, 4.69) is 10.3 Å². The third kappa shape index (κ3) is 3.95. The first-order valence-electron chi connectivity index (χ1n) is 5.26. The quantitative estimate of drug-likeness (QED) is 0.594. The van der Waals surface area contributed by atoms with Gasteiger partial charge in [-0.15, -0.1) is 0 Å². The number of hydrogen-bond acceptors (Lipinski definition) is 3. The molecule has 0 aliphatic heterocycles. The zero-order valence-corrected chi connectivity index (χ0v) is 9.49. The Morgan fingerprint density at radius 1 is 1.59 bits per heavy atom. The molecule has 0 atom stereocenters. The monoisotopic (exact) mass is 231 g/mol. The van der Waals surface area contributed by atoms with E-state index in [-0.39, 0.29) is 11.1 Å². The van der Waals surface area contributed by atoms with Crippen LogP contribution in [0.15, 0.2) is 28.7 Å². The van der Waals surface area contributed by atoms with Crippen molar-refractivity contribution in [1.29, 1.82) is 5.26 Å². The zero-order chi connectivity index (χ0) is 12.7. The summed E-state index contributed by atoms with van der Waals surface area (Å²) in [4.78, 5) is 24.8. The molecule has 1 amide bonds. The first kappa shape index (κ1) is 12.7. The Balaban J connectivity index is 2.87. The summed E-state index contributed by atoms with van der Waals surface area (Å²) in [5, 5.41) is 11.5. The molecule has 1 aromatic heterocycles. The molecule has 0 aromatic carbocycles. The predicted molar refractivity (Wildman–Crippen MR) is 64.0 cm³/mol. The van der Waals surface area contributed by atoms with Crippen molar-refractivity contribution in [3.05, 3.63) is 39.8 Å². The second-order valence-corrected chi connectivity index (χ2v) is 3.41. The summed E-state index contributed by atoms with van der Waals surface area (Å²) in [6.45, 7) is 2.46. The summed E-state index contributed by atoms with van der Waals surface area (Å²) in [6.07, 6.45) is 3.69. The average Bonchev–Trinajstić information content (AvgIpc) is 2.35. The van der Waals surface area contributed by atoms with E-state index in [1.807, 2.05) is 13.0 Å². The van der Waals surface area contributed by atoms with Crippen LogP contribution in [-0.2, 0) is 4.79 Å². The molecule has 1 heterocycles. The number of H-pyrrole nitrogens is 1. The SMILES string of the molecule is CCCNC(=O)/C(C#N)=C\c1ccc(=O)[nH]c1. The molecule has 17 heavy (non-hydrogen) atoms. The van der Waals surface area contributed by atoms with Crippen LogP contribution in [0.4, 0.5) is 0 Å². The number of nitriles is 1. The van der Waals surface area contributed by atoms with Crippen molar-refractivity contribution in [2.45, 2.75) is 13.3 Å². The molecule has 1 rings (SSSR count). The summed E-state index contributed by atoms with van der Waals surface area (Å²) in [5.41, 5.74) is 0.398. The van der Waals surface area contributed by atoms with Gasteiger partial charge in [-0.25, -0.2) is 0 Å². The Hall–Kier alpha value is -2.35. The molecule has 1 aromatic rings. The Labute approximate surface area is 98.8 Å². The molecule has 0 aliphatic rings. The summed E-state index contributed by atoms with van der Waals surface area (Å²) >= 11 is 0. The third-order valence-corrected chi connectivity index (χ3v) is 2.02. The second-order valence-electron chi connectivity index (χ2n) is 3.41. The molecule has 5 heteroatoms. The molecule has 0 saturated carbocycles. The van der Waals surface area contributed by atoms with Gasteiger partial charge >= 0.3 is 0 Å². The van der Waals surface area contributed by atoms with E-state index < -0.39 is 5.91 Å². The Morgan fingerprint density at radius 2 is 2.35 bits per heavy atom. The molecule has 0 aliphatic carbocycles. The van der Waals surface area contributed by atoms with Gasteiger partial charge in [-0.3, -0.25) is 9.59 Å². The third-order valence-electron chi connectivity index (χ3n) is 2.02. The van der Waals surface area contributed by atoms with E-state index in [9.17, 15) is 9.59 Å². The molecule has 0 spiro atoms. The van der Waals surface area contributed by atoms with Gasteiger partial charge in [0, 0.05) is 18.8 Å². The lowest BCUT2D eigenvalue weighted by Crippen LogP contribution is -2.25. The number of rotatable bonds is 4. The highest BCUT2D eigenvalue weighted by Gasteiger charge is 2.07.